The summed E-state index contributed by atoms with van der Waals surface area (Å²) in [5.74, 6) is -0.842. The molecule has 28 heavy (non-hydrogen) atoms. The van der Waals surface area contributed by atoms with Crippen molar-refractivity contribution in [3.05, 3.63) is 100 Å². The lowest BCUT2D eigenvalue weighted by Crippen LogP contribution is -2.34. The fourth-order valence-corrected chi connectivity index (χ4v) is 3.03. The summed E-state index contributed by atoms with van der Waals surface area (Å²) in [6, 6.07) is 21.0. The van der Waals surface area contributed by atoms with Gasteiger partial charge in [-0.3, -0.25) is 9.78 Å². The lowest BCUT2D eigenvalue weighted by molar-refractivity contribution is -0.135. The second kappa shape index (κ2) is 9.80. The van der Waals surface area contributed by atoms with Gasteiger partial charge in [0.1, 0.15) is 0 Å². The Morgan fingerprint density at radius 2 is 1.46 bits per heavy atom. The molecule has 3 rings (SSSR count). The molecule has 0 aliphatic carbocycles. The van der Waals surface area contributed by atoms with Gasteiger partial charge in [0.05, 0.1) is 5.56 Å². The summed E-state index contributed by atoms with van der Waals surface area (Å²) in [6.07, 6.45) is 2.98. The van der Waals surface area contributed by atoms with Gasteiger partial charge in [0, 0.05) is 30.0 Å². The summed E-state index contributed by atoms with van der Waals surface area (Å²) in [7, 11) is 0. The molecule has 1 heterocycles. The van der Waals surface area contributed by atoms with Gasteiger partial charge in [-0.2, -0.15) is 0 Å². The van der Waals surface area contributed by atoms with Crippen molar-refractivity contribution < 1.29 is 14.3 Å². The molecule has 0 atom stereocenters. The highest BCUT2D eigenvalue weighted by Crippen LogP contribution is 2.13. The standard InChI is InChI=1S/C22H19BrN2O3/c23-20-11-19(12-24-13-20)22(27)28-16-21(26)25(14-17-7-3-1-4-8-17)15-18-9-5-2-6-10-18/h1-13H,14-16H2. The summed E-state index contributed by atoms with van der Waals surface area (Å²) in [6.45, 7) is 0.542. The minimum atomic E-state index is -0.582. The molecule has 0 fully saturated rings. The van der Waals surface area contributed by atoms with Crippen LogP contribution in [0.15, 0.2) is 83.6 Å². The topological polar surface area (TPSA) is 59.5 Å². The Bertz CT molecular complexity index is 891. The number of ether oxygens (including phenoxy) is 1. The first-order valence-electron chi connectivity index (χ1n) is 8.75. The summed E-state index contributed by atoms with van der Waals surface area (Å²) < 4.78 is 5.88. The van der Waals surface area contributed by atoms with E-state index in [9.17, 15) is 9.59 Å². The zero-order valence-corrected chi connectivity index (χ0v) is 16.7. The number of hydrogen-bond donors (Lipinski definition) is 0. The monoisotopic (exact) mass is 438 g/mol. The second-order valence-electron chi connectivity index (χ2n) is 6.19. The molecular weight excluding hydrogens is 420 g/mol. The minimum absolute atomic E-state index is 0.260. The number of aromatic nitrogens is 1. The second-order valence-corrected chi connectivity index (χ2v) is 7.10. The van der Waals surface area contributed by atoms with Crippen LogP contribution >= 0.6 is 15.9 Å². The quantitative estimate of drug-likeness (QED) is 0.517. The number of carbonyl (C=O) groups excluding carboxylic acids is 2. The van der Waals surface area contributed by atoms with E-state index in [1.807, 2.05) is 60.7 Å². The van der Waals surface area contributed by atoms with Gasteiger partial charge < -0.3 is 9.64 Å². The number of benzene rings is 2. The maximum absolute atomic E-state index is 12.8. The third-order valence-electron chi connectivity index (χ3n) is 4.05. The maximum Gasteiger partial charge on any atom is 0.340 e. The van der Waals surface area contributed by atoms with Crippen LogP contribution in [0, 0.1) is 0 Å². The molecule has 3 aromatic rings. The predicted molar refractivity (Wildman–Crippen MR) is 109 cm³/mol. The number of amides is 1. The van der Waals surface area contributed by atoms with E-state index in [0.717, 1.165) is 11.1 Å². The molecule has 1 amide bonds. The van der Waals surface area contributed by atoms with Crippen molar-refractivity contribution in [2.45, 2.75) is 13.1 Å². The Balaban J connectivity index is 1.67. The van der Waals surface area contributed by atoms with Crippen LogP contribution in [0.5, 0.6) is 0 Å². The molecule has 0 aliphatic rings. The Morgan fingerprint density at radius 3 is 2.00 bits per heavy atom. The molecule has 6 heteroatoms. The molecule has 2 aromatic carbocycles. The molecule has 0 saturated heterocycles. The van der Waals surface area contributed by atoms with Crippen molar-refractivity contribution in [3.63, 3.8) is 0 Å². The average Bonchev–Trinajstić information content (AvgIpc) is 2.73. The number of halogens is 1. The first-order chi connectivity index (χ1) is 13.6. The molecule has 0 aliphatic heterocycles. The van der Waals surface area contributed by atoms with Crippen LogP contribution in [0.1, 0.15) is 21.5 Å². The van der Waals surface area contributed by atoms with Crippen molar-refractivity contribution in [1.29, 1.82) is 0 Å². The molecule has 5 nitrogen and oxygen atoms in total. The lowest BCUT2D eigenvalue weighted by Gasteiger charge is -2.23. The molecule has 1 aromatic heterocycles. The van der Waals surface area contributed by atoms with Gasteiger partial charge in [-0.1, -0.05) is 60.7 Å². The maximum atomic E-state index is 12.8. The van der Waals surface area contributed by atoms with Crippen LogP contribution < -0.4 is 0 Å². The molecule has 0 unspecified atom stereocenters. The Hall–Kier alpha value is -2.99. The Labute approximate surface area is 172 Å². The third-order valence-corrected chi connectivity index (χ3v) is 4.49. The van der Waals surface area contributed by atoms with Crippen molar-refractivity contribution in [1.82, 2.24) is 9.88 Å². The number of esters is 1. The zero-order chi connectivity index (χ0) is 19.8. The van der Waals surface area contributed by atoms with E-state index in [4.69, 9.17) is 4.74 Å². The van der Waals surface area contributed by atoms with Crippen LogP contribution in [0.2, 0.25) is 0 Å². The molecular formula is C22H19BrN2O3. The predicted octanol–water partition coefficient (Wildman–Crippen LogP) is 4.23. The van der Waals surface area contributed by atoms with E-state index in [1.54, 1.807) is 17.2 Å². The number of hydrogen-bond acceptors (Lipinski definition) is 4. The molecule has 0 radical (unpaired) electrons. The van der Waals surface area contributed by atoms with Crippen LogP contribution in [0.3, 0.4) is 0 Å². The van der Waals surface area contributed by atoms with Crippen LogP contribution in [0.25, 0.3) is 0 Å². The third kappa shape index (κ3) is 5.76. The first kappa shape index (κ1) is 19.8. The van der Waals surface area contributed by atoms with Crippen molar-refractivity contribution in [2.24, 2.45) is 0 Å². The highest BCUT2D eigenvalue weighted by Gasteiger charge is 2.18. The first-order valence-corrected chi connectivity index (χ1v) is 9.54. The molecule has 0 bridgehead atoms. The summed E-state index contributed by atoms with van der Waals surface area (Å²) >= 11 is 3.26. The fraction of sp³-hybridized carbons (Fsp3) is 0.136. The zero-order valence-electron chi connectivity index (χ0n) is 15.1. The van der Waals surface area contributed by atoms with Crippen molar-refractivity contribution in [2.75, 3.05) is 6.61 Å². The number of nitrogens with zero attached hydrogens (tertiary/aromatic N) is 2. The van der Waals surface area contributed by atoms with Crippen LogP contribution in [0.4, 0.5) is 0 Å². The van der Waals surface area contributed by atoms with Gasteiger partial charge in [-0.15, -0.1) is 0 Å². The van der Waals surface area contributed by atoms with E-state index in [1.165, 1.54) is 6.20 Å². The smallest absolute Gasteiger partial charge is 0.340 e. The van der Waals surface area contributed by atoms with Crippen molar-refractivity contribution >= 4 is 27.8 Å². The summed E-state index contributed by atoms with van der Waals surface area (Å²) in [4.78, 5) is 30.6. The van der Waals surface area contributed by atoms with E-state index >= 15 is 0 Å². The number of rotatable bonds is 7. The fourth-order valence-electron chi connectivity index (χ4n) is 2.67. The van der Waals surface area contributed by atoms with Gasteiger partial charge in [0.25, 0.3) is 5.91 Å². The summed E-state index contributed by atoms with van der Waals surface area (Å²) in [5.41, 5.74) is 2.31. The average molecular weight is 439 g/mol. The summed E-state index contributed by atoms with van der Waals surface area (Å²) in [5, 5.41) is 0. The normalized spacial score (nSPS) is 10.3. The highest BCUT2D eigenvalue weighted by atomic mass is 79.9. The molecule has 142 valence electrons. The van der Waals surface area contributed by atoms with E-state index in [0.29, 0.717) is 23.1 Å². The SMILES string of the molecule is O=C(OCC(=O)N(Cc1ccccc1)Cc1ccccc1)c1cncc(Br)c1. The van der Waals surface area contributed by atoms with E-state index < -0.39 is 5.97 Å². The van der Waals surface area contributed by atoms with Gasteiger partial charge in [0.2, 0.25) is 0 Å². The molecule has 0 saturated carbocycles. The molecule has 0 N–H and O–H groups in total. The Kier molecular flexibility index (Phi) is 6.92. The largest absolute Gasteiger partial charge is 0.452 e. The minimum Gasteiger partial charge on any atom is -0.452 e. The van der Waals surface area contributed by atoms with Crippen LogP contribution in [-0.2, 0) is 22.6 Å². The van der Waals surface area contributed by atoms with Gasteiger partial charge in [-0.25, -0.2) is 4.79 Å². The van der Waals surface area contributed by atoms with Crippen molar-refractivity contribution in [3.8, 4) is 0 Å². The van der Waals surface area contributed by atoms with Crippen LogP contribution in [-0.4, -0.2) is 28.4 Å². The van der Waals surface area contributed by atoms with Gasteiger partial charge in [0.15, 0.2) is 6.61 Å². The van der Waals surface area contributed by atoms with Gasteiger partial charge in [-0.05, 0) is 33.1 Å². The number of carbonyl (C=O) groups is 2. The number of pyridine rings is 1. The lowest BCUT2D eigenvalue weighted by atomic mass is 10.1. The molecule has 0 spiro atoms. The van der Waals surface area contributed by atoms with E-state index in [2.05, 4.69) is 20.9 Å². The highest BCUT2D eigenvalue weighted by molar-refractivity contribution is 9.10. The van der Waals surface area contributed by atoms with Gasteiger partial charge >= 0.3 is 5.97 Å². The van der Waals surface area contributed by atoms with E-state index in [-0.39, 0.29) is 12.5 Å². The Morgan fingerprint density at radius 1 is 0.893 bits per heavy atom.